The molecular formula is C27H31F2N5O3. The number of alkyl halides is 1. The van der Waals surface area contributed by atoms with Crippen LogP contribution in [-0.2, 0) is 14.3 Å². The number of benzene rings is 1. The first-order valence-corrected chi connectivity index (χ1v) is 12.1. The highest BCUT2D eigenvalue weighted by molar-refractivity contribution is 5.72. The van der Waals surface area contributed by atoms with Crippen LogP contribution in [0.15, 0.2) is 61.1 Å². The van der Waals surface area contributed by atoms with Crippen molar-refractivity contribution in [2.45, 2.75) is 44.9 Å². The lowest BCUT2D eigenvalue weighted by Crippen LogP contribution is -2.45. The first-order chi connectivity index (χ1) is 17.6. The average molecular weight is 512 g/mol. The maximum absolute atomic E-state index is 15.3. The number of esters is 1. The zero-order valence-corrected chi connectivity index (χ0v) is 21.2. The fraction of sp³-hybridized carbons (Fsp3) is 0.407. The van der Waals surface area contributed by atoms with Gasteiger partial charge in [0.05, 0.1) is 25.2 Å². The van der Waals surface area contributed by atoms with Gasteiger partial charge in [0.25, 0.3) is 0 Å². The first kappa shape index (κ1) is 26.4. The largest absolute Gasteiger partial charge is 0.458 e. The van der Waals surface area contributed by atoms with Gasteiger partial charge in [-0.25, -0.2) is 23.5 Å². The van der Waals surface area contributed by atoms with Crippen LogP contribution in [0.5, 0.6) is 0 Å². The number of carbonyl (C=O) groups is 1. The van der Waals surface area contributed by atoms with E-state index in [1.54, 1.807) is 44.1 Å². The predicted octanol–water partition coefficient (Wildman–Crippen LogP) is 5.15. The molecule has 10 heteroatoms. The molecule has 0 bridgehead atoms. The molecule has 0 atom stereocenters. The number of hydrogen-bond donors (Lipinski definition) is 0. The Bertz CT molecular complexity index is 1180. The Morgan fingerprint density at radius 1 is 1.05 bits per heavy atom. The van der Waals surface area contributed by atoms with Crippen LogP contribution in [0.3, 0.4) is 0 Å². The van der Waals surface area contributed by atoms with E-state index >= 15 is 4.39 Å². The number of rotatable bonds is 8. The first-order valence-electron chi connectivity index (χ1n) is 12.1. The molecule has 37 heavy (non-hydrogen) atoms. The van der Waals surface area contributed by atoms with E-state index in [2.05, 4.69) is 9.97 Å². The molecule has 0 radical (unpaired) electrons. The van der Waals surface area contributed by atoms with E-state index < -0.39 is 23.1 Å². The highest BCUT2D eigenvalue weighted by atomic mass is 19.1. The molecule has 1 saturated heterocycles. The SMILES string of the molecule is CC(C)(C)OC(=O)COCC1(F)CCN(c2cncc(N(c3ccccc3)c3ccc(F)cn3)n2)CC1. The second-order valence-corrected chi connectivity index (χ2v) is 9.96. The molecule has 4 rings (SSSR count). The van der Waals surface area contributed by atoms with Crippen molar-refractivity contribution in [3.8, 4) is 0 Å². The average Bonchev–Trinajstić information content (AvgIpc) is 2.86. The van der Waals surface area contributed by atoms with Crippen molar-refractivity contribution in [2.75, 3.05) is 36.1 Å². The lowest BCUT2D eigenvalue weighted by Gasteiger charge is -2.37. The van der Waals surface area contributed by atoms with Crippen molar-refractivity contribution in [3.63, 3.8) is 0 Å². The minimum Gasteiger partial charge on any atom is -0.458 e. The van der Waals surface area contributed by atoms with Crippen LogP contribution in [0.4, 0.5) is 31.9 Å². The minimum atomic E-state index is -1.54. The molecule has 8 nitrogen and oxygen atoms in total. The van der Waals surface area contributed by atoms with Gasteiger partial charge in [-0.15, -0.1) is 0 Å². The van der Waals surface area contributed by atoms with E-state index in [1.165, 1.54) is 6.07 Å². The summed E-state index contributed by atoms with van der Waals surface area (Å²) in [7, 11) is 0. The highest BCUT2D eigenvalue weighted by Gasteiger charge is 2.36. The Labute approximate surface area is 215 Å². The van der Waals surface area contributed by atoms with Gasteiger partial charge in [0.2, 0.25) is 0 Å². The number of ether oxygens (including phenoxy) is 2. The number of aromatic nitrogens is 3. The van der Waals surface area contributed by atoms with E-state index in [1.807, 2.05) is 35.2 Å². The lowest BCUT2D eigenvalue weighted by molar-refractivity contribution is -0.161. The van der Waals surface area contributed by atoms with Crippen LogP contribution >= 0.6 is 0 Å². The number of pyridine rings is 1. The molecule has 1 fully saturated rings. The minimum absolute atomic E-state index is 0.177. The summed E-state index contributed by atoms with van der Waals surface area (Å²) in [6.45, 7) is 5.66. The molecule has 0 saturated carbocycles. The molecule has 1 aliphatic heterocycles. The summed E-state index contributed by atoms with van der Waals surface area (Å²) in [5.74, 6) is 0.634. The molecule has 0 aliphatic carbocycles. The Balaban J connectivity index is 1.43. The van der Waals surface area contributed by atoms with Gasteiger partial charge in [-0.2, -0.15) is 0 Å². The standard InChI is InChI=1S/C27H31F2N5O3/c1-26(2,3)37-25(35)18-36-19-27(29)11-13-33(14-12-27)23-16-30-17-24(32-23)34(21-7-5-4-6-8-21)22-10-9-20(28)15-31-22/h4-10,15-17H,11-14,18-19H2,1-3H3. The maximum atomic E-state index is 15.3. The molecule has 0 unspecified atom stereocenters. The molecule has 196 valence electrons. The number of carbonyl (C=O) groups excluding carboxylic acids is 1. The molecular weight excluding hydrogens is 480 g/mol. The summed E-state index contributed by atoms with van der Waals surface area (Å²) < 4.78 is 39.4. The van der Waals surface area contributed by atoms with Crippen molar-refractivity contribution < 1.29 is 23.0 Å². The summed E-state index contributed by atoms with van der Waals surface area (Å²) in [5.41, 5.74) is -1.37. The number of nitrogens with zero attached hydrogens (tertiary/aromatic N) is 5. The summed E-state index contributed by atoms with van der Waals surface area (Å²) >= 11 is 0. The van der Waals surface area contributed by atoms with Gasteiger partial charge < -0.3 is 14.4 Å². The van der Waals surface area contributed by atoms with Crippen molar-refractivity contribution in [1.29, 1.82) is 0 Å². The Morgan fingerprint density at radius 3 is 2.43 bits per heavy atom. The van der Waals surface area contributed by atoms with E-state index in [9.17, 15) is 9.18 Å². The van der Waals surface area contributed by atoms with Crippen LogP contribution in [0.1, 0.15) is 33.6 Å². The normalized spacial score (nSPS) is 15.3. The van der Waals surface area contributed by atoms with E-state index in [-0.39, 0.29) is 26.1 Å². The van der Waals surface area contributed by atoms with Gasteiger partial charge in [-0.05, 0) is 45.0 Å². The maximum Gasteiger partial charge on any atom is 0.332 e. The molecule has 1 aliphatic rings. The second-order valence-electron chi connectivity index (χ2n) is 9.96. The summed E-state index contributed by atoms with van der Waals surface area (Å²) in [5, 5.41) is 0. The highest BCUT2D eigenvalue weighted by Crippen LogP contribution is 2.34. The zero-order valence-electron chi connectivity index (χ0n) is 21.2. The monoisotopic (exact) mass is 511 g/mol. The van der Waals surface area contributed by atoms with Gasteiger partial charge in [-0.1, -0.05) is 18.2 Å². The van der Waals surface area contributed by atoms with Crippen LogP contribution in [0.25, 0.3) is 0 Å². The third-order valence-corrected chi connectivity index (χ3v) is 5.78. The third-order valence-electron chi connectivity index (χ3n) is 5.78. The zero-order chi connectivity index (χ0) is 26.5. The smallest absolute Gasteiger partial charge is 0.332 e. The molecule has 0 spiro atoms. The lowest BCUT2D eigenvalue weighted by atomic mass is 9.94. The van der Waals surface area contributed by atoms with Gasteiger partial charge in [-0.3, -0.25) is 9.88 Å². The number of para-hydroxylation sites is 1. The Hall–Kier alpha value is -3.66. The molecule has 1 aromatic carbocycles. The van der Waals surface area contributed by atoms with Gasteiger partial charge in [0.15, 0.2) is 5.82 Å². The third kappa shape index (κ3) is 7.19. The van der Waals surface area contributed by atoms with Gasteiger partial charge in [0, 0.05) is 31.6 Å². The number of anilines is 4. The molecule has 0 amide bonds. The Morgan fingerprint density at radius 2 is 1.78 bits per heavy atom. The molecule has 3 heterocycles. The van der Waals surface area contributed by atoms with Crippen molar-refractivity contribution in [3.05, 3.63) is 66.9 Å². The molecule has 0 N–H and O–H groups in total. The number of halogens is 2. The fourth-order valence-corrected chi connectivity index (χ4v) is 4.03. The fourth-order valence-electron chi connectivity index (χ4n) is 4.03. The van der Waals surface area contributed by atoms with Crippen LogP contribution in [0, 0.1) is 5.82 Å². The molecule has 3 aromatic rings. The number of piperidine rings is 1. The quantitative estimate of drug-likeness (QED) is 0.384. The van der Waals surface area contributed by atoms with Gasteiger partial charge in [0.1, 0.15) is 35.3 Å². The number of hydrogen-bond acceptors (Lipinski definition) is 8. The van der Waals surface area contributed by atoms with Gasteiger partial charge >= 0.3 is 5.97 Å². The van der Waals surface area contributed by atoms with Crippen LogP contribution < -0.4 is 9.80 Å². The summed E-state index contributed by atoms with van der Waals surface area (Å²) in [4.78, 5) is 28.9. The van der Waals surface area contributed by atoms with Crippen molar-refractivity contribution >= 4 is 29.1 Å². The van der Waals surface area contributed by atoms with E-state index in [0.29, 0.717) is 30.5 Å². The summed E-state index contributed by atoms with van der Waals surface area (Å²) in [6.07, 6.45) is 4.83. The van der Waals surface area contributed by atoms with E-state index in [0.717, 1.165) is 11.9 Å². The topological polar surface area (TPSA) is 80.7 Å². The summed E-state index contributed by atoms with van der Waals surface area (Å²) in [6, 6.07) is 12.4. The van der Waals surface area contributed by atoms with Crippen molar-refractivity contribution in [1.82, 2.24) is 15.0 Å². The van der Waals surface area contributed by atoms with Crippen LogP contribution in [0.2, 0.25) is 0 Å². The Kier molecular flexibility index (Phi) is 7.97. The van der Waals surface area contributed by atoms with Crippen LogP contribution in [-0.4, -0.2) is 58.5 Å². The predicted molar refractivity (Wildman–Crippen MR) is 136 cm³/mol. The molecule has 2 aromatic heterocycles. The van der Waals surface area contributed by atoms with Crippen molar-refractivity contribution in [2.24, 2.45) is 0 Å². The van der Waals surface area contributed by atoms with E-state index in [4.69, 9.17) is 14.5 Å². The second kappa shape index (κ2) is 11.2.